The summed E-state index contributed by atoms with van der Waals surface area (Å²) in [6, 6.07) is 4.19. The van der Waals surface area contributed by atoms with Crippen LogP contribution in [0.3, 0.4) is 0 Å². The molecule has 2 rings (SSSR count). The van der Waals surface area contributed by atoms with E-state index in [1.807, 2.05) is 0 Å². The molecule has 1 saturated carbocycles. The summed E-state index contributed by atoms with van der Waals surface area (Å²) in [5, 5.41) is 12.5. The third kappa shape index (κ3) is 2.37. The van der Waals surface area contributed by atoms with Crippen LogP contribution in [-0.2, 0) is 6.42 Å². The zero-order valence-corrected chi connectivity index (χ0v) is 9.52. The summed E-state index contributed by atoms with van der Waals surface area (Å²) in [5.41, 5.74) is -0.405. The summed E-state index contributed by atoms with van der Waals surface area (Å²) in [6.45, 7) is 2.28. The summed E-state index contributed by atoms with van der Waals surface area (Å²) in [6.07, 6.45) is 5.18. The fraction of sp³-hybridized carbons (Fsp3) is 0.667. The average Bonchev–Trinajstić information content (AvgIpc) is 2.63. The fourth-order valence-electron chi connectivity index (χ4n) is 2.21. The van der Waals surface area contributed by atoms with Crippen molar-refractivity contribution in [2.75, 3.05) is 0 Å². The van der Waals surface area contributed by atoms with Crippen molar-refractivity contribution < 1.29 is 5.11 Å². The standard InChI is InChI=1S/C12H18OS/c1-10-4-6-12(13,7-5-10)9-11-3-2-8-14-11/h2-3,8,10,13H,4-7,9H2,1H3. The number of thiophene rings is 1. The summed E-state index contributed by atoms with van der Waals surface area (Å²) in [7, 11) is 0. The molecule has 0 amide bonds. The topological polar surface area (TPSA) is 20.2 Å². The van der Waals surface area contributed by atoms with Crippen LogP contribution in [0.4, 0.5) is 0 Å². The van der Waals surface area contributed by atoms with Crippen LogP contribution in [0, 0.1) is 5.92 Å². The molecule has 14 heavy (non-hydrogen) atoms. The van der Waals surface area contributed by atoms with Crippen LogP contribution in [0.2, 0.25) is 0 Å². The van der Waals surface area contributed by atoms with Gasteiger partial charge in [0.2, 0.25) is 0 Å². The Morgan fingerprint density at radius 3 is 2.79 bits per heavy atom. The Morgan fingerprint density at radius 1 is 1.50 bits per heavy atom. The highest BCUT2D eigenvalue weighted by Crippen LogP contribution is 2.34. The highest BCUT2D eigenvalue weighted by molar-refractivity contribution is 7.09. The van der Waals surface area contributed by atoms with Crippen LogP contribution in [0.5, 0.6) is 0 Å². The molecular weight excluding hydrogens is 192 g/mol. The van der Waals surface area contributed by atoms with Gasteiger partial charge in [-0.3, -0.25) is 0 Å². The third-order valence-corrected chi connectivity index (χ3v) is 4.16. The fourth-order valence-corrected chi connectivity index (χ4v) is 3.05. The van der Waals surface area contributed by atoms with Crippen LogP contribution in [0.15, 0.2) is 17.5 Å². The molecular formula is C12H18OS. The van der Waals surface area contributed by atoms with Gasteiger partial charge in [0.15, 0.2) is 0 Å². The van der Waals surface area contributed by atoms with Crippen LogP contribution in [-0.4, -0.2) is 10.7 Å². The number of aliphatic hydroxyl groups is 1. The highest BCUT2D eigenvalue weighted by Gasteiger charge is 2.31. The molecule has 1 aliphatic rings. The van der Waals surface area contributed by atoms with Gasteiger partial charge in [-0.2, -0.15) is 0 Å². The van der Waals surface area contributed by atoms with Gasteiger partial charge in [0.25, 0.3) is 0 Å². The maximum atomic E-state index is 10.4. The minimum atomic E-state index is -0.405. The predicted octanol–water partition coefficient (Wildman–Crippen LogP) is 3.23. The van der Waals surface area contributed by atoms with E-state index < -0.39 is 5.60 Å². The van der Waals surface area contributed by atoms with Crippen molar-refractivity contribution in [1.29, 1.82) is 0 Å². The van der Waals surface area contributed by atoms with E-state index in [2.05, 4.69) is 24.4 Å². The molecule has 1 aromatic heterocycles. The minimum Gasteiger partial charge on any atom is -0.390 e. The van der Waals surface area contributed by atoms with Crippen LogP contribution >= 0.6 is 11.3 Å². The number of hydrogen-bond acceptors (Lipinski definition) is 2. The molecule has 0 aromatic carbocycles. The van der Waals surface area contributed by atoms with Gasteiger partial charge in [0.05, 0.1) is 5.60 Å². The van der Waals surface area contributed by atoms with Crippen molar-refractivity contribution in [3.63, 3.8) is 0 Å². The third-order valence-electron chi connectivity index (χ3n) is 3.29. The zero-order valence-electron chi connectivity index (χ0n) is 8.70. The van der Waals surface area contributed by atoms with Crippen molar-refractivity contribution in [1.82, 2.24) is 0 Å². The first kappa shape index (κ1) is 10.2. The molecule has 0 aliphatic heterocycles. The maximum absolute atomic E-state index is 10.4. The second-order valence-electron chi connectivity index (χ2n) is 4.66. The minimum absolute atomic E-state index is 0.405. The summed E-state index contributed by atoms with van der Waals surface area (Å²) in [5.74, 6) is 0.804. The smallest absolute Gasteiger partial charge is 0.0696 e. The number of rotatable bonds is 2. The Balaban J connectivity index is 1.96. The van der Waals surface area contributed by atoms with Crippen molar-refractivity contribution in [2.45, 2.75) is 44.6 Å². The Morgan fingerprint density at radius 2 is 2.21 bits per heavy atom. The van der Waals surface area contributed by atoms with Crippen molar-refractivity contribution in [3.8, 4) is 0 Å². The normalized spacial score (nSPS) is 33.1. The average molecular weight is 210 g/mol. The van der Waals surface area contributed by atoms with Gasteiger partial charge in [-0.15, -0.1) is 11.3 Å². The van der Waals surface area contributed by atoms with Gasteiger partial charge in [0.1, 0.15) is 0 Å². The van der Waals surface area contributed by atoms with Gasteiger partial charge < -0.3 is 5.11 Å². The van der Waals surface area contributed by atoms with E-state index in [1.54, 1.807) is 11.3 Å². The van der Waals surface area contributed by atoms with E-state index in [4.69, 9.17) is 0 Å². The second kappa shape index (κ2) is 4.03. The Labute approximate surface area is 89.8 Å². The first-order chi connectivity index (χ1) is 6.68. The summed E-state index contributed by atoms with van der Waals surface area (Å²) >= 11 is 1.76. The Kier molecular flexibility index (Phi) is 2.93. The molecule has 1 heterocycles. The van der Waals surface area contributed by atoms with Gasteiger partial charge >= 0.3 is 0 Å². The van der Waals surface area contributed by atoms with Crippen molar-refractivity contribution in [2.24, 2.45) is 5.92 Å². The monoisotopic (exact) mass is 210 g/mol. The molecule has 1 nitrogen and oxygen atoms in total. The first-order valence-corrected chi connectivity index (χ1v) is 6.31. The molecule has 1 aromatic rings. The van der Waals surface area contributed by atoms with Crippen molar-refractivity contribution in [3.05, 3.63) is 22.4 Å². The lowest BCUT2D eigenvalue weighted by Crippen LogP contribution is -2.35. The summed E-state index contributed by atoms with van der Waals surface area (Å²) < 4.78 is 0. The quantitative estimate of drug-likeness (QED) is 0.794. The maximum Gasteiger partial charge on any atom is 0.0696 e. The van der Waals surface area contributed by atoms with Gasteiger partial charge in [0, 0.05) is 11.3 Å². The highest BCUT2D eigenvalue weighted by atomic mass is 32.1. The largest absolute Gasteiger partial charge is 0.390 e. The van der Waals surface area contributed by atoms with Gasteiger partial charge in [-0.05, 0) is 43.0 Å². The Bertz CT molecular complexity index is 271. The van der Waals surface area contributed by atoms with Crippen LogP contribution < -0.4 is 0 Å². The van der Waals surface area contributed by atoms with Gasteiger partial charge in [-0.1, -0.05) is 13.0 Å². The molecule has 0 spiro atoms. The van der Waals surface area contributed by atoms with E-state index in [0.29, 0.717) is 0 Å². The molecule has 2 heteroatoms. The molecule has 1 fully saturated rings. The van der Waals surface area contributed by atoms with Gasteiger partial charge in [-0.25, -0.2) is 0 Å². The SMILES string of the molecule is CC1CCC(O)(Cc2cccs2)CC1. The predicted molar refractivity (Wildman–Crippen MR) is 60.6 cm³/mol. The van der Waals surface area contributed by atoms with Crippen LogP contribution in [0.1, 0.15) is 37.5 Å². The van der Waals surface area contributed by atoms with Crippen LogP contribution in [0.25, 0.3) is 0 Å². The Hall–Kier alpha value is -0.340. The molecule has 0 radical (unpaired) electrons. The number of hydrogen-bond donors (Lipinski definition) is 1. The molecule has 0 saturated heterocycles. The van der Waals surface area contributed by atoms with Crippen molar-refractivity contribution >= 4 is 11.3 Å². The van der Waals surface area contributed by atoms with E-state index in [-0.39, 0.29) is 0 Å². The van der Waals surface area contributed by atoms with E-state index in [0.717, 1.165) is 25.2 Å². The molecule has 0 atom stereocenters. The molecule has 1 N–H and O–H groups in total. The molecule has 0 unspecified atom stereocenters. The van der Waals surface area contributed by atoms with E-state index >= 15 is 0 Å². The van der Waals surface area contributed by atoms with E-state index in [9.17, 15) is 5.11 Å². The molecule has 1 aliphatic carbocycles. The summed E-state index contributed by atoms with van der Waals surface area (Å²) in [4.78, 5) is 1.32. The lowest BCUT2D eigenvalue weighted by molar-refractivity contribution is -0.00601. The first-order valence-electron chi connectivity index (χ1n) is 5.43. The lowest BCUT2D eigenvalue weighted by atomic mass is 9.78. The lowest BCUT2D eigenvalue weighted by Gasteiger charge is -2.34. The van der Waals surface area contributed by atoms with E-state index in [1.165, 1.54) is 17.7 Å². The molecule has 78 valence electrons. The molecule has 0 bridgehead atoms. The zero-order chi connectivity index (χ0) is 10.0. The second-order valence-corrected chi connectivity index (χ2v) is 5.70.